The molecule has 2 rings (SSSR count). The van der Waals surface area contributed by atoms with Gasteiger partial charge in [0.15, 0.2) is 23.3 Å². The number of carbonyl (C=O) groups is 1. The zero-order valence-electron chi connectivity index (χ0n) is 8.31. The van der Waals surface area contributed by atoms with Gasteiger partial charge in [0, 0.05) is 19.0 Å². The molecule has 0 N–H and O–H groups in total. The predicted octanol–water partition coefficient (Wildman–Crippen LogP) is 2.59. The Morgan fingerprint density at radius 2 is 1.71 bits per heavy atom. The molecular formula is C10H6ClF4NO. The van der Waals surface area contributed by atoms with Gasteiger partial charge in [0.1, 0.15) is 5.69 Å². The fourth-order valence-corrected chi connectivity index (χ4v) is 1.95. The number of benzene rings is 1. The van der Waals surface area contributed by atoms with Crippen LogP contribution in [0.15, 0.2) is 6.07 Å². The van der Waals surface area contributed by atoms with E-state index >= 15 is 0 Å². The van der Waals surface area contributed by atoms with Crippen LogP contribution in [0.25, 0.3) is 0 Å². The van der Waals surface area contributed by atoms with E-state index in [0.29, 0.717) is 4.90 Å². The minimum Gasteiger partial charge on any atom is -0.306 e. The van der Waals surface area contributed by atoms with Gasteiger partial charge in [-0.25, -0.2) is 17.6 Å². The summed E-state index contributed by atoms with van der Waals surface area (Å²) in [4.78, 5) is 12.0. The predicted molar refractivity (Wildman–Crippen MR) is 52.9 cm³/mol. The Bertz CT molecular complexity index is 467. The average molecular weight is 268 g/mol. The summed E-state index contributed by atoms with van der Waals surface area (Å²) in [5.41, 5.74) is -1.02. The molecule has 1 fully saturated rings. The van der Waals surface area contributed by atoms with E-state index in [2.05, 4.69) is 0 Å². The highest BCUT2D eigenvalue weighted by molar-refractivity contribution is 6.24. The number of rotatable bonds is 1. The van der Waals surface area contributed by atoms with E-state index in [0.717, 1.165) is 0 Å². The van der Waals surface area contributed by atoms with Gasteiger partial charge < -0.3 is 4.90 Å². The molecule has 1 atom stereocenters. The van der Waals surface area contributed by atoms with E-state index in [1.165, 1.54) is 0 Å². The number of carbonyl (C=O) groups excluding carboxylic acids is 1. The summed E-state index contributed by atoms with van der Waals surface area (Å²) in [5.74, 6) is -6.96. The lowest BCUT2D eigenvalue weighted by atomic mass is 10.2. The lowest BCUT2D eigenvalue weighted by Gasteiger charge is -2.17. The van der Waals surface area contributed by atoms with Crippen LogP contribution in [0.5, 0.6) is 0 Å². The molecule has 0 aliphatic carbocycles. The summed E-state index contributed by atoms with van der Waals surface area (Å²) in [6, 6.07) is 0.0902. The molecule has 2 nitrogen and oxygen atoms in total. The number of anilines is 1. The fraction of sp³-hybridized carbons (Fsp3) is 0.300. The third-order valence-corrected chi connectivity index (χ3v) is 2.73. The minimum absolute atomic E-state index is 0.0902. The number of amides is 1. The van der Waals surface area contributed by atoms with Crippen LogP contribution < -0.4 is 4.90 Å². The van der Waals surface area contributed by atoms with Crippen LogP contribution in [-0.4, -0.2) is 17.8 Å². The van der Waals surface area contributed by atoms with Gasteiger partial charge in [-0.3, -0.25) is 4.79 Å². The molecule has 92 valence electrons. The average Bonchev–Trinajstić information content (AvgIpc) is 2.56. The first kappa shape index (κ1) is 12.2. The van der Waals surface area contributed by atoms with Crippen LogP contribution in [0.4, 0.5) is 23.2 Å². The highest BCUT2D eigenvalue weighted by Gasteiger charge is 2.34. The largest absolute Gasteiger partial charge is 0.306 e. The Kier molecular flexibility index (Phi) is 2.99. The molecule has 1 heterocycles. The Labute approximate surface area is 98.8 Å². The molecule has 0 spiro atoms. The topological polar surface area (TPSA) is 20.3 Å². The SMILES string of the molecule is O=C1CC(Cl)CN1c1c(F)c(F)cc(F)c1F. The van der Waals surface area contributed by atoms with Gasteiger partial charge in [-0.15, -0.1) is 11.6 Å². The molecule has 0 radical (unpaired) electrons. The van der Waals surface area contributed by atoms with E-state index in [4.69, 9.17) is 11.6 Å². The van der Waals surface area contributed by atoms with Gasteiger partial charge in [0.05, 0.1) is 5.38 Å². The van der Waals surface area contributed by atoms with Gasteiger partial charge in [0.2, 0.25) is 5.91 Å². The van der Waals surface area contributed by atoms with Crippen molar-refractivity contribution >= 4 is 23.2 Å². The minimum atomic E-state index is -1.59. The molecule has 0 bridgehead atoms. The summed E-state index contributed by atoms with van der Waals surface area (Å²) in [5, 5.41) is -0.632. The summed E-state index contributed by atoms with van der Waals surface area (Å²) in [7, 11) is 0. The van der Waals surface area contributed by atoms with Gasteiger partial charge in [-0.2, -0.15) is 0 Å². The summed E-state index contributed by atoms with van der Waals surface area (Å²) < 4.78 is 52.6. The van der Waals surface area contributed by atoms with Crippen molar-refractivity contribution in [1.82, 2.24) is 0 Å². The van der Waals surface area contributed by atoms with Gasteiger partial charge >= 0.3 is 0 Å². The first-order valence-electron chi connectivity index (χ1n) is 4.69. The molecule has 1 aliphatic rings. The van der Waals surface area contributed by atoms with Crippen molar-refractivity contribution in [3.05, 3.63) is 29.3 Å². The van der Waals surface area contributed by atoms with Crippen LogP contribution in [0.3, 0.4) is 0 Å². The number of halogens is 5. The highest BCUT2D eigenvalue weighted by atomic mass is 35.5. The maximum absolute atomic E-state index is 13.4. The molecule has 1 aromatic carbocycles. The Morgan fingerprint density at radius 1 is 1.18 bits per heavy atom. The lowest BCUT2D eigenvalue weighted by molar-refractivity contribution is -0.117. The number of hydrogen-bond acceptors (Lipinski definition) is 1. The van der Waals surface area contributed by atoms with Crippen molar-refractivity contribution in [1.29, 1.82) is 0 Å². The fourth-order valence-electron chi connectivity index (χ4n) is 1.68. The van der Waals surface area contributed by atoms with E-state index < -0.39 is 40.2 Å². The van der Waals surface area contributed by atoms with Crippen molar-refractivity contribution in [2.45, 2.75) is 11.8 Å². The molecule has 1 aliphatic heterocycles. The summed E-state index contributed by atoms with van der Waals surface area (Å²) in [6.45, 7) is -0.183. The molecule has 1 aromatic rings. The number of alkyl halides is 1. The van der Waals surface area contributed by atoms with Crippen molar-refractivity contribution < 1.29 is 22.4 Å². The monoisotopic (exact) mass is 267 g/mol. The van der Waals surface area contributed by atoms with Crippen molar-refractivity contribution in [3.8, 4) is 0 Å². The first-order chi connectivity index (χ1) is 7.91. The molecular weight excluding hydrogens is 262 g/mol. The number of hydrogen-bond donors (Lipinski definition) is 0. The Balaban J connectivity index is 2.55. The molecule has 1 saturated heterocycles. The van der Waals surface area contributed by atoms with Crippen LogP contribution in [0.1, 0.15) is 6.42 Å². The maximum Gasteiger partial charge on any atom is 0.228 e. The zero-order chi connectivity index (χ0) is 12.7. The van der Waals surface area contributed by atoms with Gasteiger partial charge in [-0.1, -0.05) is 0 Å². The molecule has 1 amide bonds. The smallest absolute Gasteiger partial charge is 0.228 e. The van der Waals surface area contributed by atoms with E-state index in [1.54, 1.807) is 0 Å². The number of nitrogens with zero attached hydrogens (tertiary/aromatic N) is 1. The highest BCUT2D eigenvalue weighted by Crippen LogP contribution is 2.31. The van der Waals surface area contributed by atoms with Crippen molar-refractivity contribution in [2.24, 2.45) is 0 Å². The lowest BCUT2D eigenvalue weighted by Crippen LogP contribution is -2.27. The van der Waals surface area contributed by atoms with Crippen molar-refractivity contribution in [2.75, 3.05) is 11.4 Å². The second kappa shape index (κ2) is 4.18. The molecule has 7 heteroatoms. The van der Waals surface area contributed by atoms with Crippen LogP contribution >= 0.6 is 11.6 Å². The normalized spacial score (nSPS) is 20.2. The van der Waals surface area contributed by atoms with E-state index in [9.17, 15) is 22.4 Å². The Morgan fingerprint density at radius 3 is 2.12 bits per heavy atom. The van der Waals surface area contributed by atoms with Gasteiger partial charge in [-0.05, 0) is 0 Å². The standard InChI is InChI=1S/C10H6ClF4NO/c11-4-1-7(17)16(3-4)10-8(14)5(12)2-6(13)9(10)15/h2,4H,1,3H2. The zero-order valence-corrected chi connectivity index (χ0v) is 9.07. The van der Waals surface area contributed by atoms with Crippen molar-refractivity contribution in [3.63, 3.8) is 0 Å². The van der Waals surface area contributed by atoms with E-state index in [-0.39, 0.29) is 19.0 Å². The second-order valence-corrected chi connectivity index (χ2v) is 4.24. The Hall–Kier alpha value is -1.30. The van der Waals surface area contributed by atoms with Crippen LogP contribution in [-0.2, 0) is 4.79 Å². The van der Waals surface area contributed by atoms with Crippen LogP contribution in [0.2, 0.25) is 0 Å². The van der Waals surface area contributed by atoms with Gasteiger partial charge in [0.25, 0.3) is 0 Å². The third-order valence-electron chi connectivity index (χ3n) is 2.44. The quantitative estimate of drug-likeness (QED) is 0.435. The second-order valence-electron chi connectivity index (χ2n) is 3.62. The molecule has 0 saturated carbocycles. The molecule has 17 heavy (non-hydrogen) atoms. The summed E-state index contributed by atoms with van der Waals surface area (Å²) >= 11 is 5.64. The van der Waals surface area contributed by atoms with Crippen LogP contribution in [0, 0.1) is 23.3 Å². The molecule has 0 aromatic heterocycles. The van der Waals surface area contributed by atoms with E-state index in [1.807, 2.05) is 0 Å². The maximum atomic E-state index is 13.4. The summed E-state index contributed by atoms with van der Waals surface area (Å²) in [6.07, 6.45) is -0.126. The first-order valence-corrected chi connectivity index (χ1v) is 5.13. The molecule has 1 unspecified atom stereocenters. The third kappa shape index (κ3) is 1.97.